The van der Waals surface area contributed by atoms with Crippen molar-refractivity contribution in [2.45, 2.75) is 45.6 Å². The number of aryl methyl sites for hydroxylation is 1. The molecule has 0 bridgehead atoms. The van der Waals surface area contributed by atoms with E-state index in [1.807, 2.05) is 6.20 Å². The van der Waals surface area contributed by atoms with Crippen LogP contribution in [-0.2, 0) is 6.54 Å². The molecule has 0 amide bonds. The van der Waals surface area contributed by atoms with Gasteiger partial charge in [-0.15, -0.1) is 0 Å². The van der Waals surface area contributed by atoms with Crippen molar-refractivity contribution in [3.05, 3.63) is 18.0 Å². The Morgan fingerprint density at radius 1 is 1.38 bits per heavy atom. The average Bonchev–Trinajstić information content (AvgIpc) is 2.54. The largest absolute Gasteiger partial charge is 0.270 e. The molecule has 0 unspecified atom stereocenters. The van der Waals surface area contributed by atoms with Gasteiger partial charge in [-0.1, -0.05) is 19.3 Å². The molecule has 1 aliphatic rings. The molecule has 1 fully saturated rings. The van der Waals surface area contributed by atoms with Crippen LogP contribution in [0.1, 0.15) is 37.8 Å². The molecule has 1 saturated carbocycles. The molecule has 2 nitrogen and oxygen atoms in total. The molecular weight excluding hydrogens is 160 g/mol. The molecule has 2 rings (SSSR count). The van der Waals surface area contributed by atoms with Crippen molar-refractivity contribution in [1.82, 2.24) is 9.78 Å². The van der Waals surface area contributed by atoms with Crippen LogP contribution in [0.15, 0.2) is 12.3 Å². The summed E-state index contributed by atoms with van der Waals surface area (Å²) in [5, 5.41) is 4.33. The highest BCUT2D eigenvalue weighted by molar-refractivity contribution is 4.96. The van der Waals surface area contributed by atoms with E-state index in [9.17, 15) is 0 Å². The first-order valence-electron chi connectivity index (χ1n) is 5.34. The second-order valence-electron chi connectivity index (χ2n) is 4.16. The summed E-state index contributed by atoms with van der Waals surface area (Å²) >= 11 is 0. The van der Waals surface area contributed by atoms with Gasteiger partial charge in [0.1, 0.15) is 0 Å². The monoisotopic (exact) mass is 178 g/mol. The number of hydrogen-bond donors (Lipinski definition) is 0. The van der Waals surface area contributed by atoms with Gasteiger partial charge in [-0.25, -0.2) is 0 Å². The lowest BCUT2D eigenvalue weighted by atomic mass is 9.89. The molecule has 1 aromatic rings. The van der Waals surface area contributed by atoms with Crippen LogP contribution in [0.3, 0.4) is 0 Å². The SMILES string of the molecule is Cc1ccnn1CC1CCCCC1. The number of nitrogens with zero attached hydrogens (tertiary/aromatic N) is 2. The third-order valence-electron chi connectivity index (χ3n) is 3.08. The van der Waals surface area contributed by atoms with Crippen LogP contribution in [0.25, 0.3) is 0 Å². The summed E-state index contributed by atoms with van der Waals surface area (Å²) in [5.74, 6) is 0.882. The summed E-state index contributed by atoms with van der Waals surface area (Å²) in [4.78, 5) is 0. The molecule has 72 valence electrons. The van der Waals surface area contributed by atoms with E-state index < -0.39 is 0 Å². The minimum atomic E-state index is 0.882. The summed E-state index contributed by atoms with van der Waals surface area (Å²) in [7, 11) is 0. The molecule has 13 heavy (non-hydrogen) atoms. The van der Waals surface area contributed by atoms with Crippen molar-refractivity contribution in [2.75, 3.05) is 0 Å². The Bertz CT molecular complexity index is 259. The lowest BCUT2D eigenvalue weighted by Gasteiger charge is -2.21. The number of aromatic nitrogens is 2. The van der Waals surface area contributed by atoms with Gasteiger partial charge in [0.2, 0.25) is 0 Å². The minimum Gasteiger partial charge on any atom is -0.270 e. The second-order valence-corrected chi connectivity index (χ2v) is 4.16. The molecule has 0 spiro atoms. The fraction of sp³-hybridized carbons (Fsp3) is 0.727. The van der Waals surface area contributed by atoms with Gasteiger partial charge < -0.3 is 0 Å². The summed E-state index contributed by atoms with van der Waals surface area (Å²) in [6.45, 7) is 3.27. The zero-order chi connectivity index (χ0) is 9.10. The molecular formula is C11H18N2. The maximum absolute atomic E-state index is 4.33. The van der Waals surface area contributed by atoms with Gasteiger partial charge in [0, 0.05) is 18.4 Å². The fourth-order valence-corrected chi connectivity index (χ4v) is 2.20. The second kappa shape index (κ2) is 3.95. The lowest BCUT2D eigenvalue weighted by Crippen LogP contribution is -2.15. The topological polar surface area (TPSA) is 17.8 Å². The fourth-order valence-electron chi connectivity index (χ4n) is 2.20. The normalized spacial score (nSPS) is 19.2. The van der Waals surface area contributed by atoms with Crippen LogP contribution in [0.4, 0.5) is 0 Å². The van der Waals surface area contributed by atoms with Crippen LogP contribution in [0, 0.1) is 12.8 Å². The van der Waals surface area contributed by atoms with E-state index in [1.54, 1.807) is 0 Å². The van der Waals surface area contributed by atoms with Crippen LogP contribution in [0.5, 0.6) is 0 Å². The zero-order valence-corrected chi connectivity index (χ0v) is 8.37. The van der Waals surface area contributed by atoms with Gasteiger partial charge in [-0.3, -0.25) is 4.68 Å². The lowest BCUT2D eigenvalue weighted by molar-refractivity contribution is 0.306. The molecule has 0 aliphatic heterocycles. The summed E-state index contributed by atoms with van der Waals surface area (Å²) in [6, 6.07) is 2.09. The zero-order valence-electron chi connectivity index (χ0n) is 8.37. The molecule has 0 radical (unpaired) electrons. The van der Waals surface area contributed by atoms with Gasteiger partial charge in [-0.05, 0) is 31.7 Å². The van der Waals surface area contributed by atoms with Gasteiger partial charge in [-0.2, -0.15) is 5.10 Å². The summed E-state index contributed by atoms with van der Waals surface area (Å²) < 4.78 is 2.15. The van der Waals surface area contributed by atoms with E-state index in [1.165, 1.54) is 37.8 Å². The molecule has 1 heterocycles. The van der Waals surface area contributed by atoms with Crippen molar-refractivity contribution in [2.24, 2.45) is 5.92 Å². The predicted octanol–water partition coefficient (Wildman–Crippen LogP) is 2.77. The molecule has 0 saturated heterocycles. The Kier molecular flexibility index (Phi) is 2.67. The van der Waals surface area contributed by atoms with Crippen molar-refractivity contribution in [3.63, 3.8) is 0 Å². The highest BCUT2D eigenvalue weighted by atomic mass is 15.3. The standard InChI is InChI=1S/C11H18N2/c1-10-7-8-12-13(10)9-11-5-3-2-4-6-11/h7-8,11H,2-6,9H2,1H3. The minimum absolute atomic E-state index is 0.882. The molecule has 1 aliphatic carbocycles. The highest BCUT2D eigenvalue weighted by Gasteiger charge is 2.14. The molecule has 0 atom stereocenters. The molecule has 0 aromatic carbocycles. The quantitative estimate of drug-likeness (QED) is 0.681. The summed E-state index contributed by atoms with van der Waals surface area (Å²) in [5.41, 5.74) is 1.30. The van der Waals surface area contributed by atoms with Crippen LogP contribution in [-0.4, -0.2) is 9.78 Å². The van der Waals surface area contributed by atoms with Crippen molar-refractivity contribution < 1.29 is 0 Å². The average molecular weight is 178 g/mol. The Balaban J connectivity index is 1.93. The third-order valence-corrected chi connectivity index (χ3v) is 3.08. The summed E-state index contributed by atoms with van der Waals surface area (Å²) in [6.07, 6.45) is 8.99. The number of rotatable bonds is 2. The van der Waals surface area contributed by atoms with Gasteiger partial charge >= 0.3 is 0 Å². The first kappa shape index (κ1) is 8.79. The maximum Gasteiger partial charge on any atom is 0.0492 e. The molecule has 1 aromatic heterocycles. The highest BCUT2D eigenvalue weighted by Crippen LogP contribution is 2.24. The van der Waals surface area contributed by atoms with Crippen LogP contribution < -0.4 is 0 Å². The third kappa shape index (κ3) is 2.11. The van der Waals surface area contributed by atoms with Gasteiger partial charge in [0.05, 0.1) is 0 Å². The van der Waals surface area contributed by atoms with E-state index in [-0.39, 0.29) is 0 Å². The molecule has 0 N–H and O–H groups in total. The van der Waals surface area contributed by atoms with Crippen molar-refractivity contribution in [3.8, 4) is 0 Å². The van der Waals surface area contributed by atoms with Gasteiger partial charge in [0.25, 0.3) is 0 Å². The smallest absolute Gasteiger partial charge is 0.0492 e. The maximum atomic E-state index is 4.33. The van der Waals surface area contributed by atoms with E-state index >= 15 is 0 Å². The van der Waals surface area contributed by atoms with Crippen molar-refractivity contribution >= 4 is 0 Å². The predicted molar refractivity (Wildman–Crippen MR) is 53.5 cm³/mol. The molecule has 2 heteroatoms. The Labute approximate surface area is 80.0 Å². The Hall–Kier alpha value is -0.790. The van der Waals surface area contributed by atoms with Crippen LogP contribution >= 0.6 is 0 Å². The first-order valence-corrected chi connectivity index (χ1v) is 5.34. The van der Waals surface area contributed by atoms with Gasteiger partial charge in [0.15, 0.2) is 0 Å². The van der Waals surface area contributed by atoms with E-state index in [0.717, 1.165) is 12.5 Å². The van der Waals surface area contributed by atoms with Crippen LogP contribution in [0.2, 0.25) is 0 Å². The van der Waals surface area contributed by atoms with E-state index in [2.05, 4.69) is 22.8 Å². The van der Waals surface area contributed by atoms with E-state index in [4.69, 9.17) is 0 Å². The first-order chi connectivity index (χ1) is 6.36. The Morgan fingerprint density at radius 2 is 2.15 bits per heavy atom. The number of hydrogen-bond acceptors (Lipinski definition) is 1. The Morgan fingerprint density at radius 3 is 2.77 bits per heavy atom. The van der Waals surface area contributed by atoms with Crippen molar-refractivity contribution in [1.29, 1.82) is 0 Å². The van der Waals surface area contributed by atoms with E-state index in [0.29, 0.717) is 0 Å².